The standard InChI is InChI=1S/C28H25FN2O6S/c1-5-13-37-20-12-9-18(14-15(20)3)23(32)21-22(17-7-10-19(29)11-8-17)31(26(34)24(21)33)28-30-16(4)25(38-28)27(35)36-6-2/h5,7-12,14,22,32H,1,6,13H2,2-4H3/b23-21+. The summed E-state index contributed by atoms with van der Waals surface area (Å²) < 4.78 is 24.4. The molecule has 4 rings (SSSR count). The Kier molecular flexibility index (Phi) is 7.72. The van der Waals surface area contributed by atoms with E-state index in [9.17, 15) is 23.9 Å². The first-order valence-electron chi connectivity index (χ1n) is 11.7. The van der Waals surface area contributed by atoms with Crippen molar-refractivity contribution >= 4 is 39.9 Å². The van der Waals surface area contributed by atoms with Crippen molar-refractivity contribution in [1.29, 1.82) is 0 Å². The lowest BCUT2D eigenvalue weighted by Crippen LogP contribution is -2.29. The van der Waals surface area contributed by atoms with E-state index in [2.05, 4.69) is 11.6 Å². The lowest BCUT2D eigenvalue weighted by Gasteiger charge is -2.23. The first kappa shape index (κ1) is 26.7. The van der Waals surface area contributed by atoms with Crippen molar-refractivity contribution in [1.82, 2.24) is 4.98 Å². The number of aliphatic hydroxyl groups excluding tert-OH is 1. The van der Waals surface area contributed by atoms with Crippen molar-refractivity contribution in [2.75, 3.05) is 18.1 Å². The molecular formula is C28H25FN2O6S. The maximum atomic E-state index is 13.8. The molecule has 8 nitrogen and oxygen atoms in total. The summed E-state index contributed by atoms with van der Waals surface area (Å²) in [5, 5.41) is 11.4. The van der Waals surface area contributed by atoms with Gasteiger partial charge in [0.25, 0.3) is 5.78 Å². The number of carbonyl (C=O) groups is 3. The number of hydrogen-bond donors (Lipinski definition) is 1. The number of ether oxygens (including phenoxy) is 2. The van der Waals surface area contributed by atoms with Gasteiger partial charge in [-0.1, -0.05) is 36.1 Å². The van der Waals surface area contributed by atoms with Crippen molar-refractivity contribution in [2.45, 2.75) is 26.8 Å². The Labute approximate surface area is 222 Å². The van der Waals surface area contributed by atoms with Crippen LogP contribution in [0.4, 0.5) is 9.52 Å². The highest BCUT2D eigenvalue weighted by Gasteiger charge is 2.48. The van der Waals surface area contributed by atoms with E-state index in [0.29, 0.717) is 34.7 Å². The molecule has 0 aliphatic carbocycles. The zero-order chi connectivity index (χ0) is 27.6. The molecule has 1 unspecified atom stereocenters. The van der Waals surface area contributed by atoms with Crippen LogP contribution in [0.1, 0.15) is 45.0 Å². The highest BCUT2D eigenvalue weighted by molar-refractivity contribution is 7.17. The van der Waals surface area contributed by atoms with Gasteiger partial charge in [-0.05, 0) is 62.2 Å². The number of halogens is 1. The van der Waals surface area contributed by atoms with Gasteiger partial charge in [-0.2, -0.15) is 0 Å². The predicted octanol–water partition coefficient (Wildman–Crippen LogP) is 5.27. The molecule has 3 aromatic rings. The molecule has 1 aromatic heterocycles. The lowest BCUT2D eigenvalue weighted by atomic mass is 9.95. The van der Waals surface area contributed by atoms with Gasteiger partial charge in [-0.15, -0.1) is 0 Å². The number of ketones is 1. The van der Waals surface area contributed by atoms with Gasteiger partial charge >= 0.3 is 11.9 Å². The zero-order valence-electron chi connectivity index (χ0n) is 21.0. The van der Waals surface area contributed by atoms with Crippen LogP contribution in [0.15, 0.2) is 60.7 Å². The van der Waals surface area contributed by atoms with Crippen molar-refractivity contribution in [3.8, 4) is 5.75 Å². The molecule has 0 radical (unpaired) electrons. The van der Waals surface area contributed by atoms with Crippen LogP contribution in [-0.4, -0.2) is 41.0 Å². The molecule has 38 heavy (non-hydrogen) atoms. The Hall–Kier alpha value is -4.31. The Morgan fingerprint density at radius 1 is 1.21 bits per heavy atom. The summed E-state index contributed by atoms with van der Waals surface area (Å²) in [4.78, 5) is 44.7. The van der Waals surface area contributed by atoms with Gasteiger partial charge in [0.15, 0.2) is 5.13 Å². The van der Waals surface area contributed by atoms with Gasteiger partial charge in [0, 0.05) is 5.56 Å². The first-order valence-corrected chi connectivity index (χ1v) is 12.5. The fraction of sp³-hybridized carbons (Fsp3) is 0.214. The highest BCUT2D eigenvalue weighted by atomic mass is 32.1. The molecule has 0 spiro atoms. The second kappa shape index (κ2) is 11.0. The van der Waals surface area contributed by atoms with Crippen LogP contribution < -0.4 is 9.64 Å². The largest absolute Gasteiger partial charge is 0.507 e. The molecule has 1 atom stereocenters. The molecule has 196 valence electrons. The van der Waals surface area contributed by atoms with E-state index in [-0.39, 0.29) is 22.2 Å². The number of Topliss-reactive ketones (excluding diaryl/α,β-unsaturated/α-hetero) is 1. The van der Waals surface area contributed by atoms with Crippen LogP contribution >= 0.6 is 11.3 Å². The second-order valence-corrected chi connectivity index (χ2v) is 9.41. The monoisotopic (exact) mass is 536 g/mol. The fourth-order valence-electron chi connectivity index (χ4n) is 4.12. The minimum absolute atomic E-state index is 0.0744. The van der Waals surface area contributed by atoms with Crippen molar-refractivity contribution < 1.29 is 33.4 Å². The third kappa shape index (κ3) is 4.95. The number of hydrogen-bond acceptors (Lipinski definition) is 8. The Bertz CT molecular complexity index is 1460. The van der Waals surface area contributed by atoms with E-state index < -0.39 is 35.3 Å². The van der Waals surface area contributed by atoms with Crippen LogP contribution in [0.3, 0.4) is 0 Å². The minimum Gasteiger partial charge on any atom is -0.507 e. The number of esters is 1. The van der Waals surface area contributed by atoms with E-state index in [0.717, 1.165) is 16.2 Å². The van der Waals surface area contributed by atoms with Crippen LogP contribution in [0.5, 0.6) is 5.75 Å². The van der Waals surface area contributed by atoms with Crippen LogP contribution in [0, 0.1) is 19.7 Å². The third-order valence-corrected chi connectivity index (χ3v) is 7.02. The van der Waals surface area contributed by atoms with Crippen LogP contribution in [0.25, 0.3) is 5.76 Å². The quantitative estimate of drug-likeness (QED) is 0.138. The van der Waals surface area contributed by atoms with Crippen LogP contribution in [-0.2, 0) is 14.3 Å². The number of amides is 1. The molecular weight excluding hydrogens is 511 g/mol. The SMILES string of the molecule is C=CCOc1ccc(/C(O)=C2\C(=O)C(=O)N(c3nc(C)c(C(=O)OCC)s3)C2c2ccc(F)cc2)cc1C. The molecule has 0 saturated carbocycles. The Balaban J connectivity index is 1.87. The number of aryl methyl sites for hydroxylation is 2. The second-order valence-electron chi connectivity index (χ2n) is 8.43. The molecule has 2 aromatic carbocycles. The summed E-state index contributed by atoms with van der Waals surface area (Å²) in [6, 6.07) is 8.98. The van der Waals surface area contributed by atoms with E-state index in [4.69, 9.17) is 9.47 Å². The summed E-state index contributed by atoms with van der Waals surface area (Å²) in [5.74, 6) is -2.82. The summed E-state index contributed by atoms with van der Waals surface area (Å²) >= 11 is 0.898. The van der Waals surface area contributed by atoms with E-state index in [1.807, 2.05) is 0 Å². The first-order chi connectivity index (χ1) is 18.2. The number of aromatic nitrogens is 1. The molecule has 1 aliphatic rings. The van der Waals surface area contributed by atoms with Gasteiger partial charge < -0.3 is 14.6 Å². The van der Waals surface area contributed by atoms with Crippen molar-refractivity contribution in [2.24, 2.45) is 0 Å². The van der Waals surface area contributed by atoms with Gasteiger partial charge in [0.1, 0.15) is 28.8 Å². The van der Waals surface area contributed by atoms with E-state index in [1.54, 1.807) is 45.0 Å². The number of aliphatic hydroxyl groups is 1. The van der Waals surface area contributed by atoms with Gasteiger partial charge in [0.2, 0.25) is 0 Å². The minimum atomic E-state index is -1.12. The summed E-state index contributed by atoms with van der Waals surface area (Å²) in [5.41, 5.74) is 1.50. The molecule has 1 fully saturated rings. The van der Waals surface area contributed by atoms with Crippen molar-refractivity contribution in [3.05, 3.63) is 93.8 Å². The highest BCUT2D eigenvalue weighted by Crippen LogP contribution is 2.44. The molecule has 10 heteroatoms. The zero-order valence-corrected chi connectivity index (χ0v) is 21.8. The molecule has 2 heterocycles. The number of nitrogens with zero attached hydrogens (tertiary/aromatic N) is 2. The van der Waals surface area contributed by atoms with Gasteiger partial charge in [-0.25, -0.2) is 14.2 Å². The molecule has 1 amide bonds. The number of carbonyl (C=O) groups excluding carboxylic acids is 3. The summed E-state index contributed by atoms with van der Waals surface area (Å²) in [6.07, 6.45) is 1.60. The van der Waals surface area contributed by atoms with E-state index in [1.165, 1.54) is 24.3 Å². The van der Waals surface area contributed by atoms with E-state index >= 15 is 0 Å². The Morgan fingerprint density at radius 2 is 1.92 bits per heavy atom. The smallest absolute Gasteiger partial charge is 0.350 e. The number of anilines is 1. The van der Waals surface area contributed by atoms with Gasteiger partial charge in [0.05, 0.1) is 23.9 Å². The maximum absolute atomic E-state index is 13.8. The van der Waals surface area contributed by atoms with Crippen molar-refractivity contribution in [3.63, 3.8) is 0 Å². The third-order valence-electron chi connectivity index (χ3n) is 5.89. The van der Waals surface area contributed by atoms with Crippen LogP contribution in [0.2, 0.25) is 0 Å². The van der Waals surface area contributed by atoms with Gasteiger partial charge in [-0.3, -0.25) is 14.5 Å². The molecule has 1 saturated heterocycles. The summed E-state index contributed by atoms with van der Waals surface area (Å²) in [7, 11) is 0. The molecule has 0 bridgehead atoms. The molecule has 1 N–H and O–H groups in total. The maximum Gasteiger partial charge on any atom is 0.350 e. The average molecular weight is 537 g/mol. The number of benzene rings is 2. The lowest BCUT2D eigenvalue weighted by molar-refractivity contribution is -0.132. The number of thiazole rings is 1. The number of rotatable bonds is 8. The Morgan fingerprint density at radius 3 is 2.55 bits per heavy atom. The average Bonchev–Trinajstić information content (AvgIpc) is 3.40. The predicted molar refractivity (Wildman–Crippen MR) is 141 cm³/mol. The fourth-order valence-corrected chi connectivity index (χ4v) is 5.11. The normalized spacial score (nSPS) is 16.5. The topological polar surface area (TPSA) is 106 Å². The summed E-state index contributed by atoms with van der Waals surface area (Å²) in [6.45, 7) is 9.11. The molecule has 1 aliphatic heterocycles.